The summed E-state index contributed by atoms with van der Waals surface area (Å²) in [5.41, 5.74) is 6.01. The fourth-order valence-corrected chi connectivity index (χ4v) is 3.14. The van der Waals surface area contributed by atoms with Crippen molar-refractivity contribution in [1.82, 2.24) is 24.5 Å². The molecule has 0 radical (unpaired) electrons. The Morgan fingerprint density at radius 2 is 1.68 bits per heavy atom. The van der Waals surface area contributed by atoms with Gasteiger partial charge < -0.3 is 14.0 Å². The zero-order chi connectivity index (χ0) is 17.2. The van der Waals surface area contributed by atoms with Gasteiger partial charge in [-0.15, -0.1) is 5.10 Å². The molecule has 0 saturated carbocycles. The summed E-state index contributed by atoms with van der Waals surface area (Å²) in [5.74, 6) is 0. The zero-order valence-corrected chi connectivity index (χ0v) is 14.5. The van der Waals surface area contributed by atoms with Crippen LogP contribution in [-0.2, 0) is 29.1 Å². The first kappa shape index (κ1) is 16.0. The summed E-state index contributed by atoms with van der Waals surface area (Å²) in [6, 6.07) is 8.16. The third-order valence-corrected chi connectivity index (χ3v) is 4.39. The second-order valence-electron chi connectivity index (χ2n) is 5.84. The highest BCUT2D eigenvalue weighted by atomic mass is 16.5. The summed E-state index contributed by atoms with van der Waals surface area (Å²) >= 11 is 0. The number of hydrogen-bond acceptors (Lipinski definition) is 5. The van der Waals surface area contributed by atoms with E-state index in [0.717, 1.165) is 34.2 Å². The number of imidazole rings is 1. The summed E-state index contributed by atoms with van der Waals surface area (Å²) in [6.07, 6.45) is 2.55. The number of ether oxygens (including phenoxy) is 2. The minimum Gasteiger partial charge on any atom is -0.375 e. The molecule has 0 N–H and O–H groups in total. The van der Waals surface area contributed by atoms with E-state index in [2.05, 4.69) is 32.0 Å². The number of para-hydroxylation sites is 2. The van der Waals surface area contributed by atoms with Crippen molar-refractivity contribution in [1.29, 1.82) is 0 Å². The second kappa shape index (κ2) is 6.78. The molecule has 4 rings (SSSR count). The fourth-order valence-electron chi connectivity index (χ4n) is 3.14. The summed E-state index contributed by atoms with van der Waals surface area (Å²) in [7, 11) is 0. The van der Waals surface area contributed by atoms with Crippen LogP contribution in [0.1, 0.15) is 36.6 Å². The molecule has 25 heavy (non-hydrogen) atoms. The number of aromatic nitrogens is 5. The first-order chi connectivity index (χ1) is 12.3. The Kier molecular flexibility index (Phi) is 4.33. The predicted octanol–water partition coefficient (Wildman–Crippen LogP) is 2.43. The van der Waals surface area contributed by atoms with E-state index in [1.54, 1.807) is 0 Å². The Morgan fingerprint density at radius 1 is 0.960 bits per heavy atom. The van der Waals surface area contributed by atoms with E-state index in [4.69, 9.17) is 9.47 Å². The average Bonchev–Trinajstić information content (AvgIpc) is 3.19. The maximum absolute atomic E-state index is 5.60. The van der Waals surface area contributed by atoms with Gasteiger partial charge in [-0.3, -0.25) is 0 Å². The molecule has 0 atom stereocenters. The molecule has 0 unspecified atom stereocenters. The van der Waals surface area contributed by atoms with Gasteiger partial charge in [-0.25, -0.2) is 9.67 Å². The molecule has 0 aliphatic carbocycles. The summed E-state index contributed by atoms with van der Waals surface area (Å²) in [6.45, 7) is 6.25. The van der Waals surface area contributed by atoms with E-state index < -0.39 is 0 Å². The Morgan fingerprint density at radius 3 is 2.44 bits per heavy atom. The maximum Gasteiger partial charge on any atom is 0.112 e. The Bertz CT molecular complexity index is 812. The molecule has 2 aromatic heterocycles. The highest BCUT2D eigenvalue weighted by Gasteiger charge is 2.25. The van der Waals surface area contributed by atoms with Crippen LogP contribution in [0.2, 0.25) is 0 Å². The lowest BCUT2D eigenvalue weighted by atomic mass is 10.1. The normalized spacial score (nSPS) is 12.4. The van der Waals surface area contributed by atoms with Crippen molar-refractivity contribution in [2.45, 2.75) is 33.5 Å². The zero-order valence-electron chi connectivity index (χ0n) is 14.5. The molecule has 3 aromatic rings. The maximum atomic E-state index is 5.60. The molecule has 7 nitrogen and oxygen atoms in total. The highest BCUT2D eigenvalue weighted by molar-refractivity contribution is 5.56. The number of hydrogen-bond donors (Lipinski definition) is 0. The topological polar surface area (TPSA) is 67.0 Å². The lowest BCUT2D eigenvalue weighted by Gasteiger charge is -2.09. The monoisotopic (exact) mass is 339 g/mol. The minimum absolute atomic E-state index is 0.461. The Balaban J connectivity index is 1.86. The molecule has 0 fully saturated rings. The van der Waals surface area contributed by atoms with Crippen molar-refractivity contribution in [3.63, 3.8) is 0 Å². The van der Waals surface area contributed by atoms with E-state index in [9.17, 15) is 0 Å². The van der Waals surface area contributed by atoms with E-state index in [1.807, 2.05) is 37.0 Å². The molecule has 0 bridgehead atoms. The highest BCUT2D eigenvalue weighted by Crippen LogP contribution is 2.30. The van der Waals surface area contributed by atoms with Crippen LogP contribution in [0.15, 0.2) is 30.6 Å². The lowest BCUT2D eigenvalue weighted by molar-refractivity contribution is 0.130. The molecule has 1 aliphatic rings. The van der Waals surface area contributed by atoms with Crippen LogP contribution in [0.25, 0.3) is 11.4 Å². The predicted molar refractivity (Wildman–Crippen MR) is 91.9 cm³/mol. The fraction of sp³-hybridized carbons (Fsp3) is 0.389. The van der Waals surface area contributed by atoms with Crippen LogP contribution in [0, 0.1) is 0 Å². The largest absolute Gasteiger partial charge is 0.375 e. The van der Waals surface area contributed by atoms with Crippen molar-refractivity contribution in [2.24, 2.45) is 0 Å². The van der Waals surface area contributed by atoms with Crippen molar-refractivity contribution in [3.8, 4) is 11.4 Å². The van der Waals surface area contributed by atoms with Crippen LogP contribution >= 0.6 is 0 Å². The standard InChI is InChI=1S/C18H21N5O2/c1-3-24-10-13-17-9-18-14(11-25-4-2)20-21-23(18)16-8-6-5-7-15(16)22(17)12-19-13/h5-8,12H,3-4,9-11H2,1-2H3. The molecule has 1 aromatic carbocycles. The van der Waals surface area contributed by atoms with E-state index in [-0.39, 0.29) is 0 Å². The third kappa shape index (κ3) is 2.75. The summed E-state index contributed by atoms with van der Waals surface area (Å²) < 4.78 is 15.2. The van der Waals surface area contributed by atoms with Gasteiger partial charge in [-0.2, -0.15) is 0 Å². The second-order valence-corrected chi connectivity index (χ2v) is 5.84. The quantitative estimate of drug-likeness (QED) is 0.540. The smallest absolute Gasteiger partial charge is 0.112 e. The van der Waals surface area contributed by atoms with E-state index in [1.165, 1.54) is 0 Å². The number of rotatable bonds is 6. The van der Waals surface area contributed by atoms with Gasteiger partial charge in [0.05, 0.1) is 48.0 Å². The number of benzene rings is 1. The van der Waals surface area contributed by atoms with Crippen molar-refractivity contribution < 1.29 is 9.47 Å². The molecule has 130 valence electrons. The SMILES string of the molecule is CCOCc1ncn2c1Cc1c(COCC)nnn1-c1ccccc1-2. The van der Waals surface area contributed by atoms with Crippen LogP contribution in [-0.4, -0.2) is 37.8 Å². The van der Waals surface area contributed by atoms with Gasteiger partial charge in [0.1, 0.15) is 5.69 Å². The number of nitrogens with zero attached hydrogens (tertiary/aromatic N) is 5. The van der Waals surface area contributed by atoms with Gasteiger partial charge in [0, 0.05) is 19.6 Å². The molecule has 0 saturated heterocycles. The number of fused-ring (bicyclic) bond motifs is 5. The lowest BCUT2D eigenvalue weighted by Crippen LogP contribution is -2.06. The van der Waals surface area contributed by atoms with Gasteiger partial charge in [0.25, 0.3) is 0 Å². The Labute approximate surface area is 146 Å². The van der Waals surface area contributed by atoms with E-state index in [0.29, 0.717) is 32.8 Å². The average molecular weight is 339 g/mol. The first-order valence-corrected chi connectivity index (χ1v) is 8.57. The van der Waals surface area contributed by atoms with Gasteiger partial charge in [0.2, 0.25) is 0 Å². The van der Waals surface area contributed by atoms with Crippen LogP contribution in [0.5, 0.6) is 0 Å². The molecule has 0 amide bonds. The first-order valence-electron chi connectivity index (χ1n) is 8.57. The van der Waals surface area contributed by atoms with E-state index >= 15 is 0 Å². The van der Waals surface area contributed by atoms with Gasteiger partial charge in [-0.05, 0) is 26.0 Å². The van der Waals surface area contributed by atoms with Crippen LogP contribution < -0.4 is 0 Å². The van der Waals surface area contributed by atoms with Crippen molar-refractivity contribution in [2.75, 3.05) is 13.2 Å². The molecule has 3 heterocycles. The van der Waals surface area contributed by atoms with Crippen molar-refractivity contribution >= 4 is 0 Å². The summed E-state index contributed by atoms with van der Waals surface area (Å²) in [5, 5.41) is 8.74. The molecular formula is C18H21N5O2. The van der Waals surface area contributed by atoms with Crippen LogP contribution in [0.4, 0.5) is 0 Å². The summed E-state index contributed by atoms with van der Waals surface area (Å²) in [4.78, 5) is 4.58. The van der Waals surface area contributed by atoms with Gasteiger partial charge in [-0.1, -0.05) is 17.3 Å². The van der Waals surface area contributed by atoms with Gasteiger partial charge >= 0.3 is 0 Å². The van der Waals surface area contributed by atoms with Crippen molar-refractivity contribution in [3.05, 3.63) is 53.4 Å². The third-order valence-electron chi connectivity index (χ3n) is 4.39. The Hall–Kier alpha value is -2.51. The molecule has 0 spiro atoms. The van der Waals surface area contributed by atoms with Crippen LogP contribution in [0.3, 0.4) is 0 Å². The molecule has 7 heteroatoms. The van der Waals surface area contributed by atoms with Gasteiger partial charge in [0.15, 0.2) is 0 Å². The minimum atomic E-state index is 0.461. The molecular weight excluding hydrogens is 318 g/mol. The molecule has 1 aliphatic heterocycles.